The Balaban J connectivity index is 1.27. The molecule has 0 saturated carbocycles. The van der Waals surface area contributed by atoms with Crippen LogP contribution in [-0.4, -0.2) is 49.5 Å². The van der Waals surface area contributed by atoms with Gasteiger partial charge in [0.1, 0.15) is 5.75 Å². The molecule has 3 aromatic rings. The van der Waals surface area contributed by atoms with Gasteiger partial charge in [-0.25, -0.2) is 0 Å². The summed E-state index contributed by atoms with van der Waals surface area (Å²) in [4.78, 5) is 29.3. The Morgan fingerprint density at radius 1 is 0.886 bits per heavy atom. The topological polar surface area (TPSA) is 61.9 Å². The number of ether oxygens (including phenoxy) is 1. The van der Waals surface area contributed by atoms with Crippen molar-refractivity contribution < 1.29 is 14.3 Å². The lowest BCUT2D eigenvalue weighted by Crippen LogP contribution is -2.48. The van der Waals surface area contributed by atoms with Crippen molar-refractivity contribution in [3.8, 4) is 5.75 Å². The SMILES string of the molecule is Cc1ccc(C(=O)N2CCN(c3ccc(NC(=O)COc4c(C)cc(C)cc4Cl)cc3)CC2)cc1. The predicted molar refractivity (Wildman–Crippen MR) is 141 cm³/mol. The zero-order valence-electron chi connectivity index (χ0n) is 20.3. The van der Waals surface area contributed by atoms with E-state index in [0.29, 0.717) is 29.5 Å². The highest BCUT2D eigenvalue weighted by atomic mass is 35.5. The quantitative estimate of drug-likeness (QED) is 0.512. The fourth-order valence-electron chi connectivity index (χ4n) is 4.22. The number of anilines is 2. The van der Waals surface area contributed by atoms with Gasteiger partial charge in [-0.3, -0.25) is 9.59 Å². The third-order valence-electron chi connectivity index (χ3n) is 6.10. The number of nitrogens with one attached hydrogen (secondary N) is 1. The Hall–Kier alpha value is -3.51. The number of carbonyl (C=O) groups is 2. The van der Waals surface area contributed by atoms with E-state index in [-0.39, 0.29) is 18.4 Å². The maximum Gasteiger partial charge on any atom is 0.262 e. The molecule has 0 spiro atoms. The molecule has 0 atom stereocenters. The summed E-state index contributed by atoms with van der Waals surface area (Å²) in [5.74, 6) is 0.354. The Bertz CT molecular complexity index is 1180. The van der Waals surface area contributed by atoms with Gasteiger partial charge in [-0.1, -0.05) is 35.4 Å². The standard InChI is InChI=1S/C28H30ClN3O3/c1-19-4-6-22(7-5-19)28(34)32-14-12-31(13-15-32)24-10-8-23(9-11-24)30-26(33)18-35-27-21(3)16-20(2)17-25(27)29/h4-11,16-17H,12-15,18H2,1-3H3,(H,30,33). The molecule has 182 valence electrons. The minimum Gasteiger partial charge on any atom is -0.482 e. The zero-order chi connectivity index (χ0) is 24.9. The lowest BCUT2D eigenvalue weighted by molar-refractivity contribution is -0.118. The van der Waals surface area contributed by atoms with E-state index in [1.807, 2.05) is 86.3 Å². The van der Waals surface area contributed by atoms with Crippen molar-refractivity contribution in [2.24, 2.45) is 0 Å². The molecule has 1 saturated heterocycles. The highest BCUT2D eigenvalue weighted by Crippen LogP contribution is 2.29. The molecule has 6 nitrogen and oxygen atoms in total. The van der Waals surface area contributed by atoms with Crippen LogP contribution >= 0.6 is 11.6 Å². The van der Waals surface area contributed by atoms with Crippen LogP contribution in [0.15, 0.2) is 60.7 Å². The second-order valence-electron chi connectivity index (χ2n) is 8.92. The first kappa shape index (κ1) is 24.6. The Labute approximate surface area is 211 Å². The number of aryl methyl sites for hydroxylation is 3. The summed E-state index contributed by atoms with van der Waals surface area (Å²) in [6, 6.07) is 19.2. The van der Waals surface area contributed by atoms with Gasteiger partial charge in [0.15, 0.2) is 6.61 Å². The molecule has 1 aliphatic rings. The third-order valence-corrected chi connectivity index (χ3v) is 6.38. The summed E-state index contributed by atoms with van der Waals surface area (Å²) in [6.45, 7) is 8.61. The van der Waals surface area contributed by atoms with E-state index in [9.17, 15) is 9.59 Å². The maximum absolute atomic E-state index is 12.7. The van der Waals surface area contributed by atoms with Crippen molar-refractivity contribution in [2.45, 2.75) is 20.8 Å². The van der Waals surface area contributed by atoms with E-state index in [1.165, 1.54) is 0 Å². The molecule has 7 heteroatoms. The monoisotopic (exact) mass is 491 g/mol. The summed E-state index contributed by atoms with van der Waals surface area (Å²) in [5, 5.41) is 3.36. The molecule has 1 N–H and O–H groups in total. The van der Waals surface area contributed by atoms with Gasteiger partial charge in [0.05, 0.1) is 5.02 Å². The van der Waals surface area contributed by atoms with Crippen molar-refractivity contribution in [2.75, 3.05) is 43.0 Å². The van der Waals surface area contributed by atoms with Crippen LogP contribution in [-0.2, 0) is 4.79 Å². The van der Waals surface area contributed by atoms with Crippen LogP contribution < -0.4 is 15.0 Å². The van der Waals surface area contributed by atoms with Crippen molar-refractivity contribution in [1.29, 1.82) is 0 Å². The lowest BCUT2D eigenvalue weighted by Gasteiger charge is -2.36. The number of hydrogen-bond acceptors (Lipinski definition) is 4. The lowest BCUT2D eigenvalue weighted by atomic mass is 10.1. The van der Waals surface area contributed by atoms with Gasteiger partial charge in [0.2, 0.25) is 0 Å². The van der Waals surface area contributed by atoms with Crippen LogP contribution in [0.25, 0.3) is 0 Å². The first-order valence-electron chi connectivity index (χ1n) is 11.7. The summed E-state index contributed by atoms with van der Waals surface area (Å²) < 4.78 is 5.66. The first-order valence-corrected chi connectivity index (χ1v) is 12.1. The average molecular weight is 492 g/mol. The average Bonchev–Trinajstić information content (AvgIpc) is 2.84. The molecule has 0 aromatic heterocycles. The predicted octanol–water partition coefficient (Wildman–Crippen LogP) is 5.25. The second-order valence-corrected chi connectivity index (χ2v) is 9.33. The van der Waals surface area contributed by atoms with Gasteiger partial charge in [-0.2, -0.15) is 0 Å². The van der Waals surface area contributed by atoms with Crippen LogP contribution in [0.3, 0.4) is 0 Å². The molecule has 1 heterocycles. The molecule has 0 bridgehead atoms. The number of piperazine rings is 1. The summed E-state index contributed by atoms with van der Waals surface area (Å²) >= 11 is 6.25. The Kier molecular flexibility index (Phi) is 7.61. The summed E-state index contributed by atoms with van der Waals surface area (Å²) in [7, 11) is 0. The number of amides is 2. The van der Waals surface area contributed by atoms with E-state index in [4.69, 9.17) is 16.3 Å². The number of carbonyl (C=O) groups excluding carboxylic acids is 2. The van der Waals surface area contributed by atoms with Gasteiger partial charge in [-0.15, -0.1) is 0 Å². The minimum atomic E-state index is -0.253. The van der Waals surface area contributed by atoms with Gasteiger partial charge in [-0.05, 0) is 74.4 Å². The van der Waals surface area contributed by atoms with E-state index in [1.54, 1.807) is 0 Å². The van der Waals surface area contributed by atoms with Crippen molar-refractivity contribution >= 4 is 34.8 Å². The molecule has 0 unspecified atom stereocenters. The van der Waals surface area contributed by atoms with Crippen molar-refractivity contribution in [1.82, 2.24) is 4.90 Å². The number of halogens is 1. The van der Waals surface area contributed by atoms with Crippen LogP contribution in [0.2, 0.25) is 5.02 Å². The van der Waals surface area contributed by atoms with Crippen LogP contribution in [0, 0.1) is 20.8 Å². The molecule has 1 fully saturated rings. The molecule has 4 rings (SSSR count). The van der Waals surface area contributed by atoms with E-state index in [0.717, 1.165) is 41.0 Å². The fraction of sp³-hybridized carbons (Fsp3) is 0.286. The summed E-state index contributed by atoms with van der Waals surface area (Å²) in [6.07, 6.45) is 0. The number of benzene rings is 3. The molecular weight excluding hydrogens is 462 g/mol. The van der Waals surface area contributed by atoms with Crippen molar-refractivity contribution in [3.63, 3.8) is 0 Å². The summed E-state index contributed by atoms with van der Waals surface area (Å²) in [5.41, 5.74) is 5.57. The smallest absolute Gasteiger partial charge is 0.262 e. The third kappa shape index (κ3) is 6.14. The Morgan fingerprint density at radius 3 is 2.17 bits per heavy atom. The molecule has 3 aromatic carbocycles. The second kappa shape index (κ2) is 10.8. The van der Waals surface area contributed by atoms with Crippen molar-refractivity contribution in [3.05, 3.63) is 87.9 Å². The van der Waals surface area contributed by atoms with Crippen LogP contribution in [0.5, 0.6) is 5.75 Å². The zero-order valence-corrected chi connectivity index (χ0v) is 21.1. The largest absolute Gasteiger partial charge is 0.482 e. The minimum absolute atomic E-state index is 0.0760. The number of rotatable bonds is 6. The van der Waals surface area contributed by atoms with Gasteiger partial charge < -0.3 is 19.9 Å². The Morgan fingerprint density at radius 2 is 1.54 bits per heavy atom. The normalized spacial score (nSPS) is 13.5. The molecule has 0 radical (unpaired) electrons. The number of nitrogens with zero attached hydrogens (tertiary/aromatic N) is 2. The molecule has 35 heavy (non-hydrogen) atoms. The number of hydrogen-bond donors (Lipinski definition) is 1. The van der Waals surface area contributed by atoms with Crippen LogP contribution in [0.4, 0.5) is 11.4 Å². The molecule has 0 aliphatic carbocycles. The van der Waals surface area contributed by atoms with Gasteiger partial charge >= 0.3 is 0 Å². The molecular formula is C28H30ClN3O3. The molecule has 1 aliphatic heterocycles. The first-order chi connectivity index (χ1) is 16.8. The maximum atomic E-state index is 12.7. The van der Waals surface area contributed by atoms with Crippen LogP contribution in [0.1, 0.15) is 27.0 Å². The fourth-order valence-corrected chi connectivity index (χ4v) is 4.60. The van der Waals surface area contributed by atoms with Gasteiger partial charge in [0, 0.05) is 43.1 Å². The molecule has 2 amide bonds. The van der Waals surface area contributed by atoms with E-state index < -0.39 is 0 Å². The van der Waals surface area contributed by atoms with E-state index >= 15 is 0 Å². The highest BCUT2D eigenvalue weighted by Gasteiger charge is 2.22. The van der Waals surface area contributed by atoms with Gasteiger partial charge in [0.25, 0.3) is 11.8 Å². The highest BCUT2D eigenvalue weighted by molar-refractivity contribution is 6.32. The van der Waals surface area contributed by atoms with E-state index in [2.05, 4.69) is 10.2 Å².